The molecule has 2 unspecified atom stereocenters. The Balaban J connectivity index is 1.72. The standard InChI is InChI=1S/C28H36F3N3O4/c1-25(2,33)13-23(32)26(3,4)24(35)37-17-27(5,15-28(29,30)31)16-36-20-9-8-18-11-21(38-22(18)12-20)19-7-6-10-34-14-19/h6-12,14,23H,13,15-17,32-33H2,1-5H3. The molecule has 0 aliphatic carbocycles. The van der Waals surface area contributed by atoms with Crippen LogP contribution in [0.15, 0.2) is 53.2 Å². The van der Waals surface area contributed by atoms with Crippen LogP contribution in [0.3, 0.4) is 0 Å². The number of halogens is 3. The van der Waals surface area contributed by atoms with Crippen LogP contribution in [-0.2, 0) is 9.53 Å². The van der Waals surface area contributed by atoms with E-state index in [-0.39, 0.29) is 6.61 Å². The molecule has 4 N–H and O–H groups in total. The minimum atomic E-state index is -4.50. The minimum Gasteiger partial charge on any atom is -0.493 e. The molecule has 0 aliphatic heterocycles. The lowest BCUT2D eigenvalue weighted by atomic mass is 9.79. The number of nitrogens with two attached hydrogens (primary N) is 2. The average molecular weight is 536 g/mol. The van der Waals surface area contributed by atoms with Gasteiger partial charge >= 0.3 is 12.1 Å². The lowest BCUT2D eigenvalue weighted by molar-refractivity contribution is -0.179. The summed E-state index contributed by atoms with van der Waals surface area (Å²) in [7, 11) is 0. The van der Waals surface area contributed by atoms with Crippen molar-refractivity contribution in [3.05, 3.63) is 48.8 Å². The number of hydrogen-bond acceptors (Lipinski definition) is 7. The van der Waals surface area contributed by atoms with E-state index in [1.54, 1.807) is 64.4 Å². The van der Waals surface area contributed by atoms with Crippen LogP contribution in [0.25, 0.3) is 22.3 Å². The van der Waals surface area contributed by atoms with Crippen LogP contribution < -0.4 is 16.2 Å². The molecule has 1 aromatic carbocycles. The monoisotopic (exact) mass is 535 g/mol. The minimum absolute atomic E-state index is 0.329. The first-order valence-corrected chi connectivity index (χ1v) is 12.3. The number of benzene rings is 1. The molecule has 0 saturated carbocycles. The van der Waals surface area contributed by atoms with Crippen molar-refractivity contribution < 1.29 is 31.9 Å². The zero-order valence-corrected chi connectivity index (χ0v) is 22.4. The van der Waals surface area contributed by atoms with Crippen LogP contribution in [0.5, 0.6) is 5.75 Å². The van der Waals surface area contributed by atoms with E-state index < -0.39 is 47.6 Å². The van der Waals surface area contributed by atoms with E-state index in [0.717, 1.165) is 10.9 Å². The molecular formula is C28H36F3N3O4. The molecule has 7 nitrogen and oxygen atoms in total. The van der Waals surface area contributed by atoms with Gasteiger partial charge in [-0.3, -0.25) is 9.78 Å². The maximum absolute atomic E-state index is 13.5. The molecule has 208 valence electrons. The molecule has 0 aliphatic rings. The largest absolute Gasteiger partial charge is 0.493 e. The Morgan fingerprint density at radius 1 is 1.08 bits per heavy atom. The molecule has 38 heavy (non-hydrogen) atoms. The van der Waals surface area contributed by atoms with E-state index in [0.29, 0.717) is 23.5 Å². The van der Waals surface area contributed by atoms with Gasteiger partial charge in [0.05, 0.1) is 18.4 Å². The van der Waals surface area contributed by atoms with Crippen LogP contribution in [0.2, 0.25) is 0 Å². The van der Waals surface area contributed by atoms with Crippen LogP contribution in [-0.4, -0.2) is 41.9 Å². The third-order valence-corrected chi connectivity index (χ3v) is 6.40. The zero-order chi connectivity index (χ0) is 28.4. The fraction of sp³-hybridized carbons (Fsp3) is 0.500. The van der Waals surface area contributed by atoms with Gasteiger partial charge in [0.15, 0.2) is 0 Å². The van der Waals surface area contributed by atoms with Crippen molar-refractivity contribution in [3.8, 4) is 17.1 Å². The Kier molecular flexibility index (Phi) is 8.48. The summed E-state index contributed by atoms with van der Waals surface area (Å²) >= 11 is 0. The van der Waals surface area contributed by atoms with E-state index in [2.05, 4.69) is 4.98 Å². The van der Waals surface area contributed by atoms with Gasteiger partial charge in [-0.1, -0.05) is 6.92 Å². The Morgan fingerprint density at radius 2 is 1.79 bits per heavy atom. The van der Waals surface area contributed by atoms with Crippen molar-refractivity contribution in [2.75, 3.05) is 13.2 Å². The fourth-order valence-corrected chi connectivity index (χ4v) is 4.04. The summed E-state index contributed by atoms with van der Waals surface area (Å²) in [6.07, 6.45) is -2.04. The predicted molar refractivity (Wildman–Crippen MR) is 139 cm³/mol. The van der Waals surface area contributed by atoms with E-state index in [9.17, 15) is 18.0 Å². The number of furan rings is 1. The Morgan fingerprint density at radius 3 is 2.39 bits per heavy atom. The number of carbonyl (C=O) groups is 1. The SMILES string of the molecule is CC(C)(N)CC(N)C(C)(C)C(=O)OCC(C)(COc1ccc2cc(-c3cccnc3)oc2c1)CC(F)(F)F. The van der Waals surface area contributed by atoms with Crippen LogP contribution in [0.1, 0.15) is 47.5 Å². The number of pyridine rings is 1. The number of ether oxygens (including phenoxy) is 2. The van der Waals surface area contributed by atoms with Gasteiger partial charge < -0.3 is 25.4 Å². The van der Waals surface area contributed by atoms with Gasteiger partial charge in [-0.05, 0) is 64.4 Å². The second-order valence-electron chi connectivity index (χ2n) is 11.5. The van der Waals surface area contributed by atoms with Gasteiger partial charge in [-0.15, -0.1) is 0 Å². The molecule has 0 bridgehead atoms. The summed E-state index contributed by atoms with van der Waals surface area (Å²) in [5.74, 6) is 0.248. The smallest absolute Gasteiger partial charge is 0.389 e. The number of fused-ring (bicyclic) bond motifs is 1. The first kappa shape index (κ1) is 29.4. The van der Waals surface area contributed by atoms with E-state index >= 15 is 0 Å². The molecule has 3 rings (SSSR count). The number of esters is 1. The Bertz CT molecular complexity index is 1240. The molecular weight excluding hydrogens is 499 g/mol. The van der Waals surface area contributed by atoms with Crippen molar-refractivity contribution in [2.45, 2.75) is 65.2 Å². The summed E-state index contributed by atoms with van der Waals surface area (Å²) in [4.78, 5) is 16.9. The maximum Gasteiger partial charge on any atom is 0.389 e. The number of nitrogens with zero attached hydrogens (tertiary/aromatic N) is 1. The predicted octanol–water partition coefficient (Wildman–Crippen LogP) is 5.86. The fourth-order valence-electron chi connectivity index (χ4n) is 4.04. The number of carbonyl (C=O) groups excluding carboxylic acids is 1. The zero-order valence-electron chi connectivity index (χ0n) is 22.4. The van der Waals surface area contributed by atoms with E-state index in [1.165, 1.54) is 6.92 Å². The first-order valence-electron chi connectivity index (χ1n) is 12.3. The molecule has 10 heteroatoms. The maximum atomic E-state index is 13.5. The first-order chi connectivity index (χ1) is 17.5. The number of alkyl halides is 3. The normalized spacial score (nSPS) is 15.2. The highest BCUT2D eigenvalue weighted by Crippen LogP contribution is 2.36. The lowest BCUT2D eigenvalue weighted by Gasteiger charge is -2.35. The third-order valence-electron chi connectivity index (χ3n) is 6.40. The average Bonchev–Trinajstić information content (AvgIpc) is 3.23. The van der Waals surface area contributed by atoms with E-state index in [1.807, 2.05) is 12.1 Å². The molecule has 0 fully saturated rings. The third kappa shape index (κ3) is 7.94. The summed E-state index contributed by atoms with van der Waals surface area (Å²) in [6.45, 7) is 7.29. The van der Waals surface area contributed by atoms with Crippen molar-refractivity contribution in [3.63, 3.8) is 0 Å². The van der Waals surface area contributed by atoms with Gasteiger partial charge in [-0.2, -0.15) is 13.2 Å². The van der Waals surface area contributed by atoms with Crippen LogP contribution in [0, 0.1) is 10.8 Å². The van der Waals surface area contributed by atoms with Crippen molar-refractivity contribution in [2.24, 2.45) is 22.3 Å². The van der Waals surface area contributed by atoms with E-state index in [4.69, 9.17) is 25.4 Å². The van der Waals surface area contributed by atoms with Crippen LogP contribution in [0.4, 0.5) is 13.2 Å². The quantitative estimate of drug-likeness (QED) is 0.296. The second kappa shape index (κ2) is 10.9. The summed E-state index contributed by atoms with van der Waals surface area (Å²) in [5, 5.41) is 0.808. The highest BCUT2D eigenvalue weighted by atomic mass is 19.4. The molecule has 0 amide bonds. The molecule has 0 spiro atoms. The summed E-state index contributed by atoms with van der Waals surface area (Å²) < 4.78 is 57.5. The van der Waals surface area contributed by atoms with Crippen molar-refractivity contribution in [1.82, 2.24) is 4.98 Å². The lowest BCUT2D eigenvalue weighted by Crippen LogP contribution is -2.50. The Labute approximate surface area is 220 Å². The highest BCUT2D eigenvalue weighted by Gasteiger charge is 2.43. The summed E-state index contributed by atoms with van der Waals surface area (Å²) in [5.41, 5.74) is 10.2. The molecule has 0 saturated heterocycles. The van der Waals surface area contributed by atoms with Crippen LogP contribution >= 0.6 is 0 Å². The molecule has 0 radical (unpaired) electrons. The molecule has 2 heterocycles. The second-order valence-corrected chi connectivity index (χ2v) is 11.5. The topological polar surface area (TPSA) is 114 Å². The van der Waals surface area contributed by atoms with Gasteiger partial charge in [-0.25, -0.2) is 0 Å². The van der Waals surface area contributed by atoms with Gasteiger partial charge in [0.2, 0.25) is 0 Å². The van der Waals surface area contributed by atoms with Crippen molar-refractivity contribution in [1.29, 1.82) is 0 Å². The summed E-state index contributed by atoms with van der Waals surface area (Å²) in [6, 6.07) is 9.89. The highest BCUT2D eigenvalue weighted by molar-refractivity contribution is 5.83. The van der Waals surface area contributed by atoms with Gasteiger partial charge in [0.25, 0.3) is 0 Å². The van der Waals surface area contributed by atoms with Crippen molar-refractivity contribution >= 4 is 16.9 Å². The number of rotatable bonds is 11. The van der Waals surface area contributed by atoms with Gasteiger partial charge in [0, 0.05) is 46.4 Å². The Hall–Kier alpha value is -3.11. The number of hydrogen-bond donors (Lipinski definition) is 2. The van der Waals surface area contributed by atoms with Gasteiger partial charge in [0.1, 0.15) is 23.7 Å². The molecule has 2 atom stereocenters. The number of aromatic nitrogens is 1. The molecule has 3 aromatic rings. The molecule has 2 aromatic heterocycles.